The van der Waals surface area contributed by atoms with E-state index in [-0.39, 0.29) is 28.5 Å². The second-order valence-electron chi connectivity index (χ2n) is 11.4. The van der Waals surface area contributed by atoms with Gasteiger partial charge in [-0.1, -0.05) is 30.3 Å². The van der Waals surface area contributed by atoms with Crippen LogP contribution in [0, 0.1) is 12.7 Å². The molecular weight excluding hydrogens is 543 g/mol. The first-order chi connectivity index (χ1) is 19.6. The number of nitrogens with zero attached hydrogens (tertiary/aromatic N) is 7. The van der Waals surface area contributed by atoms with E-state index in [1.165, 1.54) is 6.08 Å². The summed E-state index contributed by atoms with van der Waals surface area (Å²) < 4.78 is 16.8. The fourth-order valence-corrected chi connectivity index (χ4v) is 6.30. The van der Waals surface area contributed by atoms with Crippen molar-refractivity contribution in [1.82, 2.24) is 30.0 Å². The molecule has 214 valence electrons. The minimum Gasteiger partial charge on any atom is -0.349 e. The highest BCUT2D eigenvalue weighted by molar-refractivity contribution is 6.35. The van der Waals surface area contributed by atoms with Crippen LogP contribution in [-0.4, -0.2) is 94.3 Å². The van der Waals surface area contributed by atoms with Crippen LogP contribution >= 0.6 is 11.6 Å². The van der Waals surface area contributed by atoms with Gasteiger partial charge < -0.3 is 19.6 Å². The molecule has 2 saturated heterocycles. The first kappa shape index (κ1) is 27.4. The molecule has 0 unspecified atom stereocenters. The second kappa shape index (κ2) is 10.3. The number of carbonyl (C=O) groups is 1. The van der Waals surface area contributed by atoms with Crippen LogP contribution in [0.2, 0.25) is 5.02 Å². The van der Waals surface area contributed by atoms with Gasteiger partial charge in [-0.2, -0.15) is 10.1 Å². The minimum absolute atomic E-state index is 0.0733. The predicted octanol–water partition coefficient (Wildman–Crippen LogP) is 4.64. The fraction of sp³-hybridized carbons (Fsp3) is 0.400. The Morgan fingerprint density at radius 1 is 1.17 bits per heavy atom. The molecule has 0 saturated carbocycles. The lowest BCUT2D eigenvalue weighted by Crippen LogP contribution is -2.59. The zero-order valence-electron chi connectivity index (χ0n) is 23.9. The third kappa shape index (κ3) is 4.49. The maximum Gasteiger partial charge on any atom is 0.246 e. The topological polar surface area (TPSA) is 84.5 Å². The molecule has 2 fully saturated rings. The maximum atomic E-state index is 16.8. The van der Waals surface area contributed by atoms with E-state index >= 15 is 4.39 Å². The predicted molar refractivity (Wildman–Crippen MR) is 162 cm³/mol. The van der Waals surface area contributed by atoms with Crippen molar-refractivity contribution in [2.75, 3.05) is 50.1 Å². The third-order valence-electron chi connectivity index (χ3n) is 8.47. The van der Waals surface area contributed by atoms with E-state index in [0.29, 0.717) is 47.4 Å². The number of amides is 1. The number of nitrogens with one attached hydrogen (secondary N) is 1. The van der Waals surface area contributed by atoms with Gasteiger partial charge in [-0.15, -0.1) is 0 Å². The van der Waals surface area contributed by atoms with E-state index in [1.807, 2.05) is 58.0 Å². The Labute approximate surface area is 243 Å². The fourth-order valence-electron chi connectivity index (χ4n) is 6.00. The van der Waals surface area contributed by atoms with Gasteiger partial charge in [0.15, 0.2) is 5.82 Å². The molecule has 1 N–H and O–H groups in total. The monoisotopic (exact) mass is 576 g/mol. The number of piperazine rings is 1. The highest BCUT2D eigenvalue weighted by atomic mass is 35.5. The summed E-state index contributed by atoms with van der Waals surface area (Å²) in [4.78, 5) is 30.5. The largest absolute Gasteiger partial charge is 0.349 e. The average Bonchev–Trinajstić information content (AvgIpc) is 3.29. The molecule has 2 aromatic heterocycles. The number of benzene rings is 2. The summed E-state index contributed by atoms with van der Waals surface area (Å²) in [6, 6.07) is 7.59. The number of halogens is 2. The van der Waals surface area contributed by atoms with Crippen molar-refractivity contribution < 1.29 is 9.18 Å². The zero-order valence-corrected chi connectivity index (χ0v) is 24.7. The van der Waals surface area contributed by atoms with Crippen molar-refractivity contribution in [2.24, 2.45) is 0 Å². The van der Waals surface area contributed by atoms with Crippen LogP contribution in [0.3, 0.4) is 0 Å². The molecule has 11 heteroatoms. The quantitative estimate of drug-likeness (QED) is 0.347. The molecule has 0 radical (unpaired) electrons. The molecule has 2 atom stereocenters. The van der Waals surface area contributed by atoms with Crippen LogP contribution in [0.5, 0.6) is 0 Å². The minimum atomic E-state index is -0.489. The Morgan fingerprint density at radius 2 is 1.93 bits per heavy atom. The molecule has 1 amide bonds. The van der Waals surface area contributed by atoms with Gasteiger partial charge in [0.25, 0.3) is 0 Å². The molecule has 41 heavy (non-hydrogen) atoms. The molecule has 4 heterocycles. The van der Waals surface area contributed by atoms with Crippen LogP contribution < -0.4 is 9.80 Å². The van der Waals surface area contributed by atoms with Crippen LogP contribution in [-0.2, 0) is 4.79 Å². The second-order valence-corrected chi connectivity index (χ2v) is 11.8. The zero-order chi connectivity index (χ0) is 29.2. The third-order valence-corrected chi connectivity index (χ3v) is 8.77. The van der Waals surface area contributed by atoms with Crippen molar-refractivity contribution in [3.05, 3.63) is 53.5 Å². The van der Waals surface area contributed by atoms with Gasteiger partial charge in [0.2, 0.25) is 11.9 Å². The first-order valence-corrected chi connectivity index (χ1v) is 14.2. The average molecular weight is 577 g/mol. The van der Waals surface area contributed by atoms with Crippen molar-refractivity contribution in [2.45, 2.75) is 38.9 Å². The van der Waals surface area contributed by atoms with Crippen molar-refractivity contribution in [1.29, 1.82) is 0 Å². The Balaban J connectivity index is 1.53. The van der Waals surface area contributed by atoms with E-state index in [9.17, 15) is 4.79 Å². The standard InChI is InChI=1S/C30H34ClFN8O/c1-7-24(41)39-12-17(3)40(13-16(39)2)29-21-11-22(31)26(20-9-8-10-23-25(20)18(4)35-36-23)27(32)28(21)33-30(34-29)38-14-19(15-38)37(5)6/h7-11,16-17,19H,1,12-15H2,2-6H3,(H,35,36)/t16-,17+/m1/s1. The number of H-pyrrole nitrogens is 1. The highest BCUT2D eigenvalue weighted by Gasteiger charge is 2.36. The molecular formula is C30H34ClFN8O. The van der Waals surface area contributed by atoms with Crippen LogP contribution in [0.4, 0.5) is 16.2 Å². The Hall–Kier alpha value is -3.76. The van der Waals surface area contributed by atoms with Crippen LogP contribution in [0.25, 0.3) is 32.9 Å². The number of anilines is 2. The van der Waals surface area contributed by atoms with E-state index in [2.05, 4.69) is 31.5 Å². The summed E-state index contributed by atoms with van der Waals surface area (Å²) in [7, 11) is 4.10. The number of carbonyl (C=O) groups excluding carboxylic acids is 1. The lowest BCUT2D eigenvalue weighted by atomic mass is 9.97. The SMILES string of the molecule is C=CC(=O)N1C[C@H](C)N(c2nc(N3CC(N(C)C)C3)nc3c(F)c(-c4cccc5n[nH]c(C)c45)c(Cl)cc23)C[C@H]1C. The van der Waals surface area contributed by atoms with Crippen molar-refractivity contribution >= 4 is 51.1 Å². The number of aromatic nitrogens is 4. The molecule has 9 nitrogen and oxygen atoms in total. The number of hydrogen-bond donors (Lipinski definition) is 1. The number of fused-ring (bicyclic) bond motifs is 2. The van der Waals surface area contributed by atoms with Crippen LogP contribution in [0.15, 0.2) is 36.9 Å². The summed E-state index contributed by atoms with van der Waals surface area (Å²) in [5.74, 6) is 0.514. The number of likely N-dealkylation sites (N-methyl/N-ethyl adjacent to an activating group) is 1. The van der Waals surface area contributed by atoms with Gasteiger partial charge in [0.05, 0.1) is 10.5 Å². The van der Waals surface area contributed by atoms with Gasteiger partial charge >= 0.3 is 0 Å². The molecule has 0 spiro atoms. The van der Waals surface area contributed by atoms with Crippen LogP contribution in [0.1, 0.15) is 19.5 Å². The summed E-state index contributed by atoms with van der Waals surface area (Å²) in [6.45, 7) is 12.1. The van der Waals surface area contributed by atoms with Crippen molar-refractivity contribution in [3.8, 4) is 11.1 Å². The van der Waals surface area contributed by atoms with E-state index in [1.54, 1.807) is 6.07 Å². The van der Waals surface area contributed by atoms with Gasteiger partial charge in [0.1, 0.15) is 11.3 Å². The smallest absolute Gasteiger partial charge is 0.246 e. The lowest BCUT2D eigenvalue weighted by molar-refractivity contribution is -0.128. The summed E-state index contributed by atoms with van der Waals surface area (Å²) in [5.41, 5.74) is 2.75. The van der Waals surface area contributed by atoms with Crippen molar-refractivity contribution in [3.63, 3.8) is 0 Å². The van der Waals surface area contributed by atoms with E-state index < -0.39 is 5.82 Å². The number of aryl methyl sites for hydroxylation is 1. The molecule has 2 aromatic carbocycles. The van der Waals surface area contributed by atoms with E-state index in [4.69, 9.17) is 21.6 Å². The first-order valence-electron chi connectivity index (χ1n) is 13.8. The summed E-state index contributed by atoms with van der Waals surface area (Å²) in [5, 5.41) is 8.99. The number of aromatic amines is 1. The lowest BCUT2D eigenvalue weighted by Gasteiger charge is -2.45. The molecule has 0 bridgehead atoms. The molecule has 0 aliphatic carbocycles. The normalized spacial score (nSPS) is 19.9. The van der Waals surface area contributed by atoms with Gasteiger partial charge in [-0.25, -0.2) is 9.37 Å². The Morgan fingerprint density at radius 3 is 2.63 bits per heavy atom. The maximum absolute atomic E-state index is 16.8. The molecule has 6 rings (SSSR count). The van der Waals surface area contributed by atoms with E-state index in [0.717, 1.165) is 29.7 Å². The number of hydrogen-bond acceptors (Lipinski definition) is 7. The van der Waals surface area contributed by atoms with Gasteiger partial charge in [0, 0.05) is 66.3 Å². The number of rotatable bonds is 5. The summed E-state index contributed by atoms with van der Waals surface area (Å²) >= 11 is 6.89. The molecule has 2 aliphatic rings. The van der Waals surface area contributed by atoms with Gasteiger partial charge in [-0.3, -0.25) is 9.89 Å². The Kier molecular flexibility index (Phi) is 6.86. The van der Waals surface area contributed by atoms with Gasteiger partial charge in [-0.05, 0) is 58.6 Å². The highest BCUT2D eigenvalue weighted by Crippen LogP contribution is 2.42. The molecule has 2 aliphatic heterocycles. The summed E-state index contributed by atoms with van der Waals surface area (Å²) in [6.07, 6.45) is 1.35. The Bertz CT molecular complexity index is 1680. The molecule has 4 aromatic rings.